The summed E-state index contributed by atoms with van der Waals surface area (Å²) in [4.78, 5) is 34.0. The van der Waals surface area contributed by atoms with Crippen LogP contribution in [0.1, 0.15) is 46.2 Å². The standard InChI is InChI=1S/C19H29N5O3/c1-6-24-16-15(21-17(24)25)14(10-12(2)20-16)23-9-7-8-13(11-23)27-18(26)22-19(3,4)5/h10,13H,6-9,11H2,1-5H3,(H,21,25)(H,22,26). The van der Waals surface area contributed by atoms with Crippen molar-refractivity contribution in [3.8, 4) is 0 Å². The fourth-order valence-electron chi connectivity index (χ4n) is 3.51. The second-order valence-corrected chi connectivity index (χ2v) is 8.15. The second-order valence-electron chi connectivity index (χ2n) is 8.15. The summed E-state index contributed by atoms with van der Waals surface area (Å²) in [5, 5.41) is 2.84. The molecule has 0 saturated carbocycles. The van der Waals surface area contributed by atoms with Crippen LogP contribution in [0.2, 0.25) is 0 Å². The second kappa shape index (κ2) is 7.25. The number of amides is 1. The van der Waals surface area contributed by atoms with Gasteiger partial charge in [-0.15, -0.1) is 0 Å². The Bertz CT molecular complexity index is 893. The highest BCUT2D eigenvalue weighted by molar-refractivity contribution is 5.86. The molecule has 0 bridgehead atoms. The number of imidazole rings is 1. The number of carbonyl (C=O) groups excluding carboxylic acids is 1. The number of alkyl carbamates (subject to hydrolysis) is 1. The summed E-state index contributed by atoms with van der Waals surface area (Å²) in [6, 6.07) is 1.98. The molecule has 2 N–H and O–H groups in total. The number of carbonyl (C=O) groups is 1. The van der Waals surface area contributed by atoms with Gasteiger partial charge in [0.1, 0.15) is 11.6 Å². The highest BCUT2D eigenvalue weighted by Gasteiger charge is 2.27. The molecule has 0 spiro atoms. The lowest BCUT2D eigenvalue weighted by atomic mass is 10.1. The Morgan fingerprint density at radius 3 is 2.85 bits per heavy atom. The van der Waals surface area contributed by atoms with E-state index in [0.29, 0.717) is 18.7 Å². The number of aromatic nitrogens is 3. The molecule has 1 fully saturated rings. The third kappa shape index (κ3) is 4.26. The van der Waals surface area contributed by atoms with Gasteiger partial charge in [0.25, 0.3) is 0 Å². The molecule has 3 heterocycles. The minimum Gasteiger partial charge on any atom is -0.444 e. The van der Waals surface area contributed by atoms with Crippen LogP contribution in [0.5, 0.6) is 0 Å². The number of hydrogen-bond acceptors (Lipinski definition) is 5. The average Bonchev–Trinajstić information content (AvgIpc) is 2.87. The topological polar surface area (TPSA) is 92.3 Å². The zero-order valence-corrected chi connectivity index (χ0v) is 16.8. The minimum atomic E-state index is -0.393. The maximum atomic E-state index is 12.2. The van der Waals surface area contributed by atoms with E-state index in [9.17, 15) is 9.59 Å². The van der Waals surface area contributed by atoms with E-state index in [2.05, 4.69) is 20.2 Å². The number of ether oxygens (including phenoxy) is 1. The van der Waals surface area contributed by atoms with Gasteiger partial charge in [-0.1, -0.05) is 0 Å². The van der Waals surface area contributed by atoms with Crippen LogP contribution in [-0.2, 0) is 11.3 Å². The first kappa shape index (κ1) is 19.3. The van der Waals surface area contributed by atoms with Crippen molar-refractivity contribution in [1.29, 1.82) is 0 Å². The molecule has 2 aromatic rings. The number of nitrogens with one attached hydrogen (secondary N) is 2. The Morgan fingerprint density at radius 1 is 1.44 bits per heavy atom. The van der Waals surface area contributed by atoms with Gasteiger partial charge in [-0.25, -0.2) is 14.6 Å². The van der Waals surface area contributed by atoms with Gasteiger partial charge in [-0.2, -0.15) is 0 Å². The number of hydrogen-bond donors (Lipinski definition) is 2. The molecule has 0 radical (unpaired) electrons. The lowest BCUT2D eigenvalue weighted by Gasteiger charge is -2.34. The largest absolute Gasteiger partial charge is 0.444 e. The van der Waals surface area contributed by atoms with Gasteiger partial charge in [0.15, 0.2) is 5.65 Å². The lowest BCUT2D eigenvalue weighted by Crippen LogP contribution is -2.46. The van der Waals surface area contributed by atoms with Gasteiger partial charge in [-0.3, -0.25) is 4.57 Å². The normalized spacial score (nSPS) is 18.0. The van der Waals surface area contributed by atoms with Gasteiger partial charge in [-0.05, 0) is 53.5 Å². The number of rotatable bonds is 3. The van der Waals surface area contributed by atoms with Crippen LogP contribution >= 0.6 is 0 Å². The quantitative estimate of drug-likeness (QED) is 0.860. The molecule has 2 aromatic heterocycles. The fraction of sp³-hybridized carbons (Fsp3) is 0.632. The molecule has 148 valence electrons. The zero-order valence-electron chi connectivity index (χ0n) is 16.8. The van der Waals surface area contributed by atoms with E-state index in [-0.39, 0.29) is 17.3 Å². The van der Waals surface area contributed by atoms with Crippen molar-refractivity contribution >= 4 is 22.9 Å². The molecule has 0 aromatic carbocycles. The molecule has 8 heteroatoms. The van der Waals surface area contributed by atoms with Crippen molar-refractivity contribution < 1.29 is 9.53 Å². The summed E-state index contributed by atoms with van der Waals surface area (Å²) in [5.74, 6) is 0. The summed E-state index contributed by atoms with van der Waals surface area (Å²) in [6.07, 6.45) is 1.16. The summed E-state index contributed by atoms with van der Waals surface area (Å²) in [7, 11) is 0. The number of fused-ring (bicyclic) bond motifs is 1. The monoisotopic (exact) mass is 375 g/mol. The number of aromatic amines is 1. The Morgan fingerprint density at radius 2 is 2.19 bits per heavy atom. The molecule has 1 atom stereocenters. The molecule has 1 aliphatic heterocycles. The summed E-state index contributed by atoms with van der Waals surface area (Å²) >= 11 is 0. The highest BCUT2D eigenvalue weighted by atomic mass is 16.6. The van der Waals surface area contributed by atoms with Crippen LogP contribution in [-0.4, -0.2) is 45.4 Å². The third-order valence-electron chi connectivity index (χ3n) is 4.63. The van der Waals surface area contributed by atoms with Gasteiger partial charge in [0, 0.05) is 24.3 Å². The first-order chi connectivity index (χ1) is 12.7. The van der Waals surface area contributed by atoms with E-state index >= 15 is 0 Å². The van der Waals surface area contributed by atoms with E-state index < -0.39 is 6.09 Å². The number of H-pyrrole nitrogens is 1. The molecule has 8 nitrogen and oxygen atoms in total. The molecule has 1 amide bonds. The summed E-state index contributed by atoms with van der Waals surface area (Å²) in [5.41, 5.74) is 2.72. The smallest absolute Gasteiger partial charge is 0.407 e. The minimum absolute atomic E-state index is 0.152. The summed E-state index contributed by atoms with van der Waals surface area (Å²) < 4.78 is 7.27. The fourth-order valence-corrected chi connectivity index (χ4v) is 3.51. The van der Waals surface area contributed by atoms with Crippen molar-refractivity contribution in [2.45, 2.75) is 65.6 Å². The predicted octanol–water partition coefficient (Wildman–Crippen LogP) is 2.55. The molecular weight excluding hydrogens is 346 g/mol. The van der Waals surface area contributed by atoms with Crippen LogP contribution in [0.25, 0.3) is 11.2 Å². The molecule has 27 heavy (non-hydrogen) atoms. The van der Waals surface area contributed by atoms with Gasteiger partial charge in [0.2, 0.25) is 0 Å². The summed E-state index contributed by atoms with van der Waals surface area (Å²) in [6.45, 7) is 11.6. The number of anilines is 1. The van der Waals surface area contributed by atoms with Crippen LogP contribution in [0.15, 0.2) is 10.9 Å². The van der Waals surface area contributed by atoms with Crippen molar-refractivity contribution in [2.24, 2.45) is 0 Å². The molecule has 1 saturated heterocycles. The number of nitrogens with zero attached hydrogens (tertiary/aromatic N) is 3. The van der Waals surface area contributed by atoms with E-state index in [1.165, 1.54) is 0 Å². The first-order valence-corrected chi connectivity index (χ1v) is 9.52. The van der Waals surface area contributed by atoms with Crippen LogP contribution in [0.4, 0.5) is 10.5 Å². The number of pyridine rings is 1. The molecule has 1 aliphatic rings. The highest BCUT2D eigenvalue weighted by Crippen LogP contribution is 2.28. The Balaban J connectivity index is 1.84. The Labute approximate surface area is 158 Å². The van der Waals surface area contributed by atoms with Crippen molar-refractivity contribution in [3.63, 3.8) is 0 Å². The predicted molar refractivity (Wildman–Crippen MR) is 105 cm³/mol. The Kier molecular flexibility index (Phi) is 5.17. The number of piperidine rings is 1. The van der Waals surface area contributed by atoms with Crippen molar-refractivity contribution in [2.75, 3.05) is 18.0 Å². The third-order valence-corrected chi connectivity index (χ3v) is 4.63. The van der Waals surface area contributed by atoms with Crippen molar-refractivity contribution in [3.05, 3.63) is 22.2 Å². The van der Waals surface area contributed by atoms with Crippen LogP contribution < -0.4 is 15.9 Å². The van der Waals surface area contributed by atoms with Gasteiger partial charge >= 0.3 is 11.8 Å². The van der Waals surface area contributed by atoms with E-state index in [1.54, 1.807) is 4.57 Å². The lowest BCUT2D eigenvalue weighted by molar-refractivity contribution is 0.0827. The molecule has 3 rings (SSSR count). The SMILES string of the molecule is CCn1c(=O)[nH]c2c(N3CCCC(OC(=O)NC(C)(C)C)C3)cc(C)nc21. The van der Waals surface area contributed by atoms with Crippen LogP contribution in [0, 0.1) is 6.92 Å². The van der Waals surface area contributed by atoms with E-state index in [1.807, 2.05) is 40.7 Å². The molecular formula is C19H29N5O3. The molecule has 0 aliphatic carbocycles. The van der Waals surface area contributed by atoms with Crippen molar-refractivity contribution in [1.82, 2.24) is 19.9 Å². The van der Waals surface area contributed by atoms with E-state index in [0.717, 1.165) is 36.3 Å². The maximum Gasteiger partial charge on any atom is 0.407 e. The maximum absolute atomic E-state index is 12.2. The van der Waals surface area contributed by atoms with Gasteiger partial charge in [0.05, 0.1) is 12.2 Å². The zero-order chi connectivity index (χ0) is 19.8. The Hall–Kier alpha value is -2.51. The number of aryl methyl sites for hydroxylation is 2. The van der Waals surface area contributed by atoms with E-state index in [4.69, 9.17) is 4.74 Å². The van der Waals surface area contributed by atoms with Gasteiger partial charge < -0.3 is 19.9 Å². The molecule has 1 unspecified atom stereocenters. The first-order valence-electron chi connectivity index (χ1n) is 9.52. The van der Waals surface area contributed by atoms with Crippen LogP contribution in [0.3, 0.4) is 0 Å². The average molecular weight is 375 g/mol.